The van der Waals surface area contributed by atoms with Gasteiger partial charge in [-0.25, -0.2) is 0 Å². The molecule has 19 heavy (non-hydrogen) atoms. The summed E-state index contributed by atoms with van der Waals surface area (Å²) in [5.74, 6) is 0.516. The Morgan fingerprint density at radius 1 is 0.895 bits per heavy atom. The first-order valence-electron chi connectivity index (χ1n) is 6.79. The summed E-state index contributed by atoms with van der Waals surface area (Å²) in [5.41, 5.74) is 8.34. The van der Waals surface area contributed by atoms with Crippen LogP contribution in [-0.4, -0.2) is 6.54 Å². The molecule has 0 heterocycles. The molecule has 100 valence electrons. The van der Waals surface area contributed by atoms with Crippen molar-refractivity contribution in [2.45, 2.75) is 25.2 Å². The van der Waals surface area contributed by atoms with Crippen LogP contribution in [0.4, 0.5) is 0 Å². The van der Waals surface area contributed by atoms with Gasteiger partial charge in [-0.2, -0.15) is 0 Å². The molecule has 2 rings (SSSR count). The van der Waals surface area contributed by atoms with Gasteiger partial charge in [0, 0.05) is 5.02 Å². The summed E-state index contributed by atoms with van der Waals surface area (Å²) in [5, 5.41) is 0.863. The van der Waals surface area contributed by atoms with Gasteiger partial charge in [-0.3, -0.25) is 0 Å². The highest BCUT2D eigenvalue weighted by Crippen LogP contribution is 2.26. The SMILES string of the molecule is NCCC(CCc1ccccc1Cl)c1ccccc1. The van der Waals surface area contributed by atoms with E-state index in [1.807, 2.05) is 18.2 Å². The third-order valence-corrected chi connectivity index (χ3v) is 3.87. The lowest BCUT2D eigenvalue weighted by molar-refractivity contribution is 0.584. The van der Waals surface area contributed by atoms with E-state index in [2.05, 4.69) is 36.4 Å². The number of halogens is 1. The number of rotatable bonds is 6. The summed E-state index contributed by atoms with van der Waals surface area (Å²) in [4.78, 5) is 0. The molecule has 0 bridgehead atoms. The van der Waals surface area contributed by atoms with Crippen molar-refractivity contribution in [1.29, 1.82) is 0 Å². The molecule has 0 amide bonds. The third-order valence-electron chi connectivity index (χ3n) is 3.51. The van der Waals surface area contributed by atoms with Gasteiger partial charge in [0.25, 0.3) is 0 Å². The summed E-state index contributed by atoms with van der Waals surface area (Å²) in [6, 6.07) is 18.7. The van der Waals surface area contributed by atoms with Crippen molar-refractivity contribution >= 4 is 11.6 Å². The fourth-order valence-corrected chi connectivity index (χ4v) is 2.67. The van der Waals surface area contributed by atoms with Crippen LogP contribution in [0.2, 0.25) is 5.02 Å². The van der Waals surface area contributed by atoms with E-state index in [1.165, 1.54) is 11.1 Å². The number of benzene rings is 2. The maximum Gasteiger partial charge on any atom is 0.0437 e. The molecule has 0 spiro atoms. The third kappa shape index (κ3) is 4.09. The zero-order chi connectivity index (χ0) is 13.5. The smallest absolute Gasteiger partial charge is 0.0437 e. The highest BCUT2D eigenvalue weighted by Gasteiger charge is 2.11. The molecule has 0 aliphatic carbocycles. The second-order valence-electron chi connectivity index (χ2n) is 4.82. The van der Waals surface area contributed by atoms with E-state index >= 15 is 0 Å². The fourth-order valence-electron chi connectivity index (χ4n) is 2.43. The van der Waals surface area contributed by atoms with E-state index < -0.39 is 0 Å². The molecule has 1 nitrogen and oxygen atoms in total. The van der Waals surface area contributed by atoms with E-state index in [9.17, 15) is 0 Å². The van der Waals surface area contributed by atoms with Crippen molar-refractivity contribution in [3.05, 3.63) is 70.7 Å². The first-order chi connectivity index (χ1) is 9.31. The Balaban J connectivity index is 2.04. The second-order valence-corrected chi connectivity index (χ2v) is 5.22. The molecule has 0 aliphatic rings. The van der Waals surface area contributed by atoms with Crippen molar-refractivity contribution in [2.24, 2.45) is 5.73 Å². The first-order valence-corrected chi connectivity index (χ1v) is 7.17. The summed E-state index contributed by atoms with van der Waals surface area (Å²) in [7, 11) is 0. The lowest BCUT2D eigenvalue weighted by atomic mass is 9.90. The topological polar surface area (TPSA) is 26.0 Å². The van der Waals surface area contributed by atoms with Crippen LogP contribution in [0.15, 0.2) is 54.6 Å². The van der Waals surface area contributed by atoms with Crippen molar-refractivity contribution in [3.8, 4) is 0 Å². The molecule has 1 atom stereocenters. The average molecular weight is 274 g/mol. The van der Waals surface area contributed by atoms with E-state index in [1.54, 1.807) is 0 Å². The van der Waals surface area contributed by atoms with Crippen LogP contribution in [0.25, 0.3) is 0 Å². The molecule has 0 fully saturated rings. The predicted octanol–water partition coefficient (Wildman–Crippen LogP) is 4.41. The summed E-state index contributed by atoms with van der Waals surface area (Å²) in [6.45, 7) is 0.724. The minimum atomic E-state index is 0.516. The van der Waals surface area contributed by atoms with E-state index in [-0.39, 0.29) is 0 Å². The van der Waals surface area contributed by atoms with Crippen LogP contribution < -0.4 is 5.73 Å². The average Bonchev–Trinajstić information content (AvgIpc) is 2.46. The van der Waals surface area contributed by atoms with Crippen molar-refractivity contribution in [1.82, 2.24) is 0 Å². The van der Waals surface area contributed by atoms with Gasteiger partial charge in [0.2, 0.25) is 0 Å². The first kappa shape index (κ1) is 14.1. The van der Waals surface area contributed by atoms with Crippen LogP contribution >= 0.6 is 11.6 Å². The fraction of sp³-hybridized carbons (Fsp3) is 0.294. The molecule has 2 aromatic rings. The minimum Gasteiger partial charge on any atom is -0.330 e. The van der Waals surface area contributed by atoms with Crippen molar-refractivity contribution < 1.29 is 0 Å². The van der Waals surface area contributed by atoms with Gasteiger partial charge in [0.05, 0.1) is 0 Å². The number of nitrogens with two attached hydrogens (primary N) is 1. The molecule has 0 saturated carbocycles. The molecule has 0 aromatic heterocycles. The van der Waals surface area contributed by atoms with Crippen LogP contribution in [-0.2, 0) is 6.42 Å². The van der Waals surface area contributed by atoms with Gasteiger partial charge in [0.1, 0.15) is 0 Å². The zero-order valence-electron chi connectivity index (χ0n) is 11.1. The van der Waals surface area contributed by atoms with Gasteiger partial charge in [0.15, 0.2) is 0 Å². The normalized spacial score (nSPS) is 12.3. The Morgan fingerprint density at radius 3 is 2.26 bits per heavy atom. The van der Waals surface area contributed by atoms with Crippen LogP contribution in [0.1, 0.15) is 29.9 Å². The Morgan fingerprint density at radius 2 is 1.58 bits per heavy atom. The maximum absolute atomic E-state index is 6.21. The van der Waals surface area contributed by atoms with Crippen LogP contribution in [0.5, 0.6) is 0 Å². The Kier molecular flexibility index (Phi) is 5.44. The second kappa shape index (κ2) is 7.32. The standard InChI is InChI=1S/C17H20ClN/c18-17-9-5-4-8-16(17)11-10-15(12-13-19)14-6-2-1-3-7-14/h1-9,15H,10-13,19H2. The van der Waals surface area contributed by atoms with Crippen LogP contribution in [0.3, 0.4) is 0 Å². The molecule has 2 heteroatoms. The Labute approximate surface area is 120 Å². The molecule has 0 radical (unpaired) electrons. The van der Waals surface area contributed by atoms with Gasteiger partial charge in [-0.15, -0.1) is 0 Å². The van der Waals surface area contributed by atoms with Gasteiger partial charge < -0.3 is 5.73 Å². The molecular weight excluding hydrogens is 254 g/mol. The van der Waals surface area contributed by atoms with Gasteiger partial charge in [-0.05, 0) is 48.9 Å². The molecule has 2 aromatic carbocycles. The number of aryl methyl sites for hydroxylation is 1. The van der Waals surface area contributed by atoms with Crippen molar-refractivity contribution in [3.63, 3.8) is 0 Å². The summed E-state index contributed by atoms with van der Waals surface area (Å²) >= 11 is 6.21. The minimum absolute atomic E-state index is 0.516. The lowest BCUT2D eigenvalue weighted by Crippen LogP contribution is -2.08. The van der Waals surface area contributed by atoms with E-state index in [0.29, 0.717) is 5.92 Å². The highest BCUT2D eigenvalue weighted by molar-refractivity contribution is 6.31. The summed E-state index contributed by atoms with van der Waals surface area (Å²) in [6.07, 6.45) is 3.11. The quantitative estimate of drug-likeness (QED) is 0.829. The van der Waals surface area contributed by atoms with Crippen molar-refractivity contribution in [2.75, 3.05) is 6.54 Å². The maximum atomic E-state index is 6.21. The molecule has 0 aliphatic heterocycles. The molecular formula is C17H20ClN. The highest BCUT2D eigenvalue weighted by atomic mass is 35.5. The largest absolute Gasteiger partial charge is 0.330 e. The monoisotopic (exact) mass is 273 g/mol. The predicted molar refractivity (Wildman–Crippen MR) is 82.6 cm³/mol. The zero-order valence-corrected chi connectivity index (χ0v) is 11.8. The number of hydrogen-bond acceptors (Lipinski definition) is 1. The molecule has 0 saturated heterocycles. The Bertz CT molecular complexity index is 496. The lowest BCUT2D eigenvalue weighted by Gasteiger charge is -2.17. The molecule has 2 N–H and O–H groups in total. The van der Waals surface area contributed by atoms with Gasteiger partial charge >= 0.3 is 0 Å². The van der Waals surface area contributed by atoms with E-state index in [4.69, 9.17) is 17.3 Å². The summed E-state index contributed by atoms with van der Waals surface area (Å²) < 4.78 is 0. The number of hydrogen-bond donors (Lipinski definition) is 1. The van der Waals surface area contributed by atoms with E-state index in [0.717, 1.165) is 30.8 Å². The van der Waals surface area contributed by atoms with Gasteiger partial charge in [-0.1, -0.05) is 60.1 Å². The molecule has 1 unspecified atom stereocenters. The Hall–Kier alpha value is -1.31. The van der Waals surface area contributed by atoms with Crippen LogP contribution in [0, 0.1) is 0 Å².